The number of aromatic nitrogens is 3. The Bertz CT molecular complexity index is 639. The highest BCUT2D eigenvalue weighted by Gasteiger charge is 2.26. The predicted octanol–water partition coefficient (Wildman–Crippen LogP) is 2.99. The Balaban J connectivity index is 1.65. The lowest BCUT2D eigenvalue weighted by molar-refractivity contribution is 0.216. The molecule has 2 aliphatic heterocycles. The maximum atomic E-state index is 4.95. The average molecular weight is 316 g/mol. The average Bonchev–Trinajstić information content (AvgIpc) is 3.16. The van der Waals surface area contributed by atoms with Crippen molar-refractivity contribution in [3.8, 4) is 0 Å². The lowest BCUT2D eigenvalue weighted by Gasteiger charge is -2.29. The first-order chi connectivity index (χ1) is 10.8. The van der Waals surface area contributed by atoms with Crippen molar-refractivity contribution < 1.29 is 0 Å². The molecular formula is C17H24N4S. The van der Waals surface area contributed by atoms with Crippen molar-refractivity contribution in [3.05, 3.63) is 24.2 Å². The summed E-state index contributed by atoms with van der Waals surface area (Å²) in [6.45, 7) is 2.45. The number of likely N-dealkylation sites (tertiary alicyclic amines) is 1. The Hall–Kier alpha value is -1.07. The second-order valence-corrected chi connectivity index (χ2v) is 7.86. The van der Waals surface area contributed by atoms with Gasteiger partial charge in [0, 0.05) is 24.4 Å². The van der Waals surface area contributed by atoms with E-state index in [9.17, 15) is 0 Å². The first kappa shape index (κ1) is 14.5. The van der Waals surface area contributed by atoms with Crippen molar-refractivity contribution in [2.24, 2.45) is 5.92 Å². The van der Waals surface area contributed by atoms with E-state index in [0.29, 0.717) is 6.04 Å². The molecule has 0 amide bonds. The highest BCUT2D eigenvalue weighted by Crippen LogP contribution is 2.33. The van der Waals surface area contributed by atoms with Gasteiger partial charge in [-0.25, -0.2) is 9.97 Å². The molecule has 2 saturated heterocycles. The van der Waals surface area contributed by atoms with Crippen LogP contribution in [0.5, 0.6) is 0 Å². The van der Waals surface area contributed by atoms with Crippen molar-refractivity contribution in [1.29, 1.82) is 0 Å². The standard InChI is InChI=1S/C17H24N4S/c1-20-8-4-13(5-9-20)11-16-19-15-3-2-7-18-17(15)21(16)14-6-10-22-12-14/h2-3,7,13-14H,4-6,8-12H2,1H3. The fourth-order valence-electron chi connectivity index (χ4n) is 3.75. The third-order valence-corrected chi connectivity index (χ3v) is 6.25. The smallest absolute Gasteiger partial charge is 0.160 e. The summed E-state index contributed by atoms with van der Waals surface area (Å²) in [6, 6.07) is 4.70. The Morgan fingerprint density at radius 1 is 1.27 bits per heavy atom. The molecule has 2 aromatic heterocycles. The van der Waals surface area contributed by atoms with E-state index in [0.717, 1.165) is 23.5 Å². The number of nitrogens with zero attached hydrogens (tertiary/aromatic N) is 4. The van der Waals surface area contributed by atoms with Crippen molar-refractivity contribution >= 4 is 22.9 Å². The van der Waals surface area contributed by atoms with Gasteiger partial charge in [-0.15, -0.1) is 0 Å². The Kier molecular flexibility index (Phi) is 4.09. The van der Waals surface area contributed by atoms with E-state index in [1.165, 1.54) is 49.7 Å². The Labute approximate surface area is 136 Å². The van der Waals surface area contributed by atoms with Crippen LogP contribution in [0.2, 0.25) is 0 Å². The van der Waals surface area contributed by atoms with E-state index in [-0.39, 0.29) is 0 Å². The molecular weight excluding hydrogens is 292 g/mol. The Morgan fingerprint density at radius 3 is 2.91 bits per heavy atom. The van der Waals surface area contributed by atoms with E-state index in [1.54, 1.807) is 0 Å². The van der Waals surface area contributed by atoms with Crippen molar-refractivity contribution in [3.63, 3.8) is 0 Å². The maximum absolute atomic E-state index is 4.95. The maximum Gasteiger partial charge on any atom is 0.160 e. The lowest BCUT2D eigenvalue weighted by atomic mass is 9.93. The van der Waals surface area contributed by atoms with E-state index >= 15 is 0 Å². The number of pyridine rings is 1. The second-order valence-electron chi connectivity index (χ2n) is 6.71. The lowest BCUT2D eigenvalue weighted by Crippen LogP contribution is -2.31. The summed E-state index contributed by atoms with van der Waals surface area (Å²) in [5.74, 6) is 4.53. The van der Waals surface area contributed by atoms with Gasteiger partial charge in [0.15, 0.2) is 5.65 Å². The molecule has 4 nitrogen and oxygen atoms in total. The van der Waals surface area contributed by atoms with Gasteiger partial charge in [-0.2, -0.15) is 11.8 Å². The van der Waals surface area contributed by atoms with Gasteiger partial charge in [0.1, 0.15) is 11.3 Å². The number of hydrogen-bond acceptors (Lipinski definition) is 4. The highest BCUT2D eigenvalue weighted by atomic mass is 32.2. The summed E-state index contributed by atoms with van der Waals surface area (Å²) in [5.41, 5.74) is 2.17. The molecule has 2 aromatic rings. The van der Waals surface area contributed by atoms with Crippen LogP contribution in [0.4, 0.5) is 0 Å². The zero-order chi connectivity index (χ0) is 14.9. The largest absolute Gasteiger partial charge is 0.309 e. The monoisotopic (exact) mass is 316 g/mol. The van der Waals surface area contributed by atoms with Crippen LogP contribution in [0.1, 0.15) is 31.1 Å². The van der Waals surface area contributed by atoms with Crippen LogP contribution in [-0.2, 0) is 6.42 Å². The summed E-state index contributed by atoms with van der Waals surface area (Å²) >= 11 is 2.06. The van der Waals surface area contributed by atoms with Gasteiger partial charge in [-0.3, -0.25) is 0 Å². The van der Waals surface area contributed by atoms with Crippen LogP contribution in [0.15, 0.2) is 18.3 Å². The van der Waals surface area contributed by atoms with Gasteiger partial charge < -0.3 is 9.47 Å². The molecule has 1 unspecified atom stereocenters. The van der Waals surface area contributed by atoms with Crippen LogP contribution in [0.25, 0.3) is 11.2 Å². The number of piperidine rings is 1. The number of imidazole rings is 1. The van der Waals surface area contributed by atoms with Crippen molar-refractivity contribution in [1.82, 2.24) is 19.4 Å². The first-order valence-corrected chi connectivity index (χ1v) is 9.55. The quantitative estimate of drug-likeness (QED) is 0.872. The summed E-state index contributed by atoms with van der Waals surface area (Å²) in [6.07, 6.45) is 6.87. The van der Waals surface area contributed by atoms with Gasteiger partial charge in [0.05, 0.1) is 0 Å². The molecule has 4 rings (SSSR count). The molecule has 118 valence electrons. The molecule has 0 radical (unpaired) electrons. The van der Waals surface area contributed by atoms with Crippen LogP contribution in [-0.4, -0.2) is 51.1 Å². The van der Waals surface area contributed by atoms with Gasteiger partial charge in [0.25, 0.3) is 0 Å². The first-order valence-electron chi connectivity index (χ1n) is 8.39. The van der Waals surface area contributed by atoms with Gasteiger partial charge in [-0.1, -0.05) is 0 Å². The molecule has 0 N–H and O–H groups in total. The summed E-state index contributed by atoms with van der Waals surface area (Å²) < 4.78 is 2.47. The molecule has 1 atom stereocenters. The summed E-state index contributed by atoms with van der Waals surface area (Å²) in [5, 5.41) is 0. The number of thioether (sulfide) groups is 1. The normalized spacial score (nSPS) is 24.3. The molecule has 4 heterocycles. The predicted molar refractivity (Wildman–Crippen MR) is 92.4 cm³/mol. The topological polar surface area (TPSA) is 34.0 Å². The Morgan fingerprint density at radius 2 is 2.14 bits per heavy atom. The number of fused-ring (bicyclic) bond motifs is 1. The fraction of sp³-hybridized carbons (Fsp3) is 0.647. The molecule has 0 spiro atoms. The molecule has 5 heteroatoms. The molecule has 0 bridgehead atoms. The zero-order valence-electron chi connectivity index (χ0n) is 13.2. The molecule has 2 aliphatic rings. The highest BCUT2D eigenvalue weighted by molar-refractivity contribution is 7.99. The summed E-state index contributed by atoms with van der Waals surface area (Å²) in [4.78, 5) is 12.0. The van der Waals surface area contributed by atoms with Crippen LogP contribution < -0.4 is 0 Å². The van der Waals surface area contributed by atoms with E-state index in [4.69, 9.17) is 4.98 Å². The number of rotatable bonds is 3. The zero-order valence-corrected chi connectivity index (χ0v) is 14.1. The van der Waals surface area contributed by atoms with E-state index < -0.39 is 0 Å². The van der Waals surface area contributed by atoms with Crippen molar-refractivity contribution in [2.75, 3.05) is 31.6 Å². The van der Waals surface area contributed by atoms with E-state index in [1.807, 2.05) is 12.3 Å². The minimum atomic E-state index is 0.589. The third-order valence-electron chi connectivity index (χ3n) is 5.10. The van der Waals surface area contributed by atoms with Crippen LogP contribution in [0, 0.1) is 5.92 Å². The summed E-state index contributed by atoms with van der Waals surface area (Å²) in [7, 11) is 2.23. The van der Waals surface area contributed by atoms with E-state index in [2.05, 4.69) is 39.3 Å². The molecule has 0 aromatic carbocycles. The molecule has 22 heavy (non-hydrogen) atoms. The fourth-order valence-corrected chi connectivity index (χ4v) is 4.95. The third kappa shape index (κ3) is 2.76. The molecule has 0 aliphatic carbocycles. The minimum absolute atomic E-state index is 0.589. The van der Waals surface area contributed by atoms with Crippen LogP contribution in [0.3, 0.4) is 0 Å². The molecule has 0 saturated carbocycles. The van der Waals surface area contributed by atoms with Crippen molar-refractivity contribution in [2.45, 2.75) is 31.7 Å². The SMILES string of the molecule is CN1CCC(Cc2nc3cccnc3n2C2CCSC2)CC1. The number of hydrogen-bond donors (Lipinski definition) is 0. The minimum Gasteiger partial charge on any atom is -0.309 e. The van der Waals surface area contributed by atoms with Gasteiger partial charge >= 0.3 is 0 Å². The van der Waals surface area contributed by atoms with Gasteiger partial charge in [0.2, 0.25) is 0 Å². The molecule has 2 fully saturated rings. The second kappa shape index (κ2) is 6.20. The van der Waals surface area contributed by atoms with Gasteiger partial charge in [-0.05, 0) is 63.2 Å². The van der Waals surface area contributed by atoms with Crippen LogP contribution >= 0.6 is 11.8 Å².